The fourth-order valence-corrected chi connectivity index (χ4v) is 6.11. The van der Waals surface area contributed by atoms with Crippen LogP contribution < -0.4 is 4.90 Å². The summed E-state index contributed by atoms with van der Waals surface area (Å²) in [6.45, 7) is 0. The molecule has 0 unspecified atom stereocenters. The Morgan fingerprint density at radius 3 is 2.16 bits per heavy atom. The molecular formula is C40H28N4O. The Morgan fingerprint density at radius 1 is 0.578 bits per heavy atom. The van der Waals surface area contributed by atoms with E-state index in [1.54, 1.807) is 6.07 Å². The number of rotatable bonds is 6. The maximum Gasteiger partial charge on any atom is 0.149 e. The number of hydrogen-bond donors (Lipinski definition) is 1. The molecule has 2 heterocycles. The number of para-hydroxylation sites is 3. The highest BCUT2D eigenvalue weighted by molar-refractivity contribution is 5.99. The largest absolute Gasteiger partial charge is 0.507 e. The number of benzene rings is 6. The zero-order valence-corrected chi connectivity index (χ0v) is 24.3. The molecule has 2 aromatic heterocycles. The summed E-state index contributed by atoms with van der Waals surface area (Å²) in [7, 11) is 0. The summed E-state index contributed by atoms with van der Waals surface area (Å²) < 4.78 is 2.17. The highest BCUT2D eigenvalue weighted by atomic mass is 16.3. The molecule has 0 aliphatic heterocycles. The van der Waals surface area contributed by atoms with Crippen LogP contribution in [0.25, 0.3) is 50.0 Å². The normalized spacial score (nSPS) is 11.2. The van der Waals surface area contributed by atoms with Crippen LogP contribution in [0.2, 0.25) is 0 Å². The minimum atomic E-state index is 0.187. The molecule has 0 aliphatic rings. The molecule has 8 aromatic rings. The van der Waals surface area contributed by atoms with Crippen LogP contribution in [-0.2, 0) is 0 Å². The van der Waals surface area contributed by atoms with Gasteiger partial charge in [0.2, 0.25) is 0 Å². The van der Waals surface area contributed by atoms with E-state index in [4.69, 9.17) is 4.98 Å². The molecule has 0 bridgehead atoms. The average molecular weight is 581 g/mol. The zero-order valence-electron chi connectivity index (χ0n) is 24.3. The highest BCUT2D eigenvalue weighted by Crippen LogP contribution is 2.40. The second-order valence-electron chi connectivity index (χ2n) is 10.9. The number of hydrogen-bond acceptors (Lipinski definition) is 4. The molecule has 45 heavy (non-hydrogen) atoms. The number of imidazole rings is 1. The topological polar surface area (TPSA) is 54.2 Å². The van der Waals surface area contributed by atoms with E-state index in [9.17, 15) is 5.11 Å². The summed E-state index contributed by atoms with van der Waals surface area (Å²) >= 11 is 0. The minimum absolute atomic E-state index is 0.187. The molecule has 1 N–H and O–H groups in total. The van der Waals surface area contributed by atoms with Gasteiger partial charge in [0.1, 0.15) is 17.4 Å². The molecule has 0 amide bonds. The Labute approximate surface area is 260 Å². The van der Waals surface area contributed by atoms with Gasteiger partial charge < -0.3 is 5.11 Å². The summed E-state index contributed by atoms with van der Waals surface area (Å²) in [6.07, 6.45) is 1.82. The molecule has 0 fully saturated rings. The van der Waals surface area contributed by atoms with Gasteiger partial charge in [-0.15, -0.1) is 0 Å². The fraction of sp³-hybridized carbons (Fsp3) is 0. The van der Waals surface area contributed by atoms with Gasteiger partial charge in [-0.05, 0) is 71.6 Å². The van der Waals surface area contributed by atoms with Gasteiger partial charge >= 0.3 is 0 Å². The molecule has 0 aliphatic carbocycles. The maximum atomic E-state index is 11.0. The monoisotopic (exact) mass is 580 g/mol. The molecule has 0 atom stereocenters. The van der Waals surface area contributed by atoms with E-state index in [1.807, 2.05) is 60.8 Å². The average Bonchev–Trinajstić information content (AvgIpc) is 3.49. The zero-order chi connectivity index (χ0) is 30.2. The third-order valence-electron chi connectivity index (χ3n) is 8.15. The predicted octanol–water partition coefficient (Wildman–Crippen LogP) is 10.1. The van der Waals surface area contributed by atoms with E-state index < -0.39 is 0 Å². The first kappa shape index (κ1) is 26.4. The Kier molecular flexibility index (Phi) is 6.54. The predicted molar refractivity (Wildman–Crippen MR) is 184 cm³/mol. The lowest BCUT2D eigenvalue weighted by Crippen LogP contribution is -2.11. The number of aromatic nitrogens is 3. The van der Waals surface area contributed by atoms with E-state index in [-0.39, 0.29) is 5.75 Å². The standard InChI is InChI=1S/C40H28N4O/c45-37-24-7-6-20-34(37)40-42-39-33(21-12-23-36(39)44(40)35-22-11-14-28-13-4-5-19-32(28)35)29-15-10-18-31(27-29)43(30-16-2-1-3-17-30)38-25-8-9-26-41-38/h1-27,45H. The van der Waals surface area contributed by atoms with Crippen LogP contribution >= 0.6 is 0 Å². The SMILES string of the molecule is Oc1ccccc1-c1nc2c(-c3cccc(N(c4ccccc4)c4ccccn4)c3)cccc2n1-c1cccc2ccccc12. The van der Waals surface area contributed by atoms with Crippen molar-refractivity contribution in [1.29, 1.82) is 0 Å². The van der Waals surface area contributed by atoms with Gasteiger partial charge in [0.05, 0.1) is 22.3 Å². The van der Waals surface area contributed by atoms with Crippen LogP contribution in [0.3, 0.4) is 0 Å². The molecule has 0 saturated carbocycles. The number of fused-ring (bicyclic) bond motifs is 2. The Balaban J connectivity index is 1.37. The minimum Gasteiger partial charge on any atom is -0.507 e. The van der Waals surface area contributed by atoms with Gasteiger partial charge in [0.15, 0.2) is 0 Å². The van der Waals surface area contributed by atoms with Crippen molar-refractivity contribution in [2.24, 2.45) is 0 Å². The van der Waals surface area contributed by atoms with Crippen molar-refractivity contribution in [3.63, 3.8) is 0 Å². The molecule has 5 heteroatoms. The number of phenolic OH excluding ortho intramolecular Hbond substituents is 1. The lowest BCUT2D eigenvalue weighted by atomic mass is 10.0. The molecule has 8 rings (SSSR count). The van der Waals surface area contributed by atoms with E-state index in [0.717, 1.165) is 55.8 Å². The van der Waals surface area contributed by atoms with Crippen molar-refractivity contribution in [1.82, 2.24) is 14.5 Å². The molecule has 214 valence electrons. The number of anilines is 3. The lowest BCUT2D eigenvalue weighted by Gasteiger charge is -2.24. The van der Waals surface area contributed by atoms with Crippen molar-refractivity contribution < 1.29 is 5.11 Å². The molecule has 6 aromatic carbocycles. The Morgan fingerprint density at radius 2 is 1.29 bits per heavy atom. The quantitative estimate of drug-likeness (QED) is 0.213. The highest BCUT2D eigenvalue weighted by Gasteiger charge is 2.21. The third kappa shape index (κ3) is 4.67. The molecule has 0 radical (unpaired) electrons. The van der Waals surface area contributed by atoms with Gasteiger partial charge in [-0.2, -0.15) is 0 Å². The second-order valence-corrected chi connectivity index (χ2v) is 10.9. The fourth-order valence-electron chi connectivity index (χ4n) is 6.11. The van der Waals surface area contributed by atoms with Gasteiger partial charge in [0.25, 0.3) is 0 Å². The second kappa shape index (κ2) is 11.1. The van der Waals surface area contributed by atoms with Crippen LogP contribution in [0.4, 0.5) is 17.2 Å². The van der Waals surface area contributed by atoms with Crippen LogP contribution in [0, 0.1) is 0 Å². The number of phenols is 1. The van der Waals surface area contributed by atoms with Crippen molar-refractivity contribution in [2.45, 2.75) is 0 Å². The summed E-state index contributed by atoms with van der Waals surface area (Å²) in [5.41, 5.74) is 7.52. The van der Waals surface area contributed by atoms with E-state index in [0.29, 0.717) is 11.4 Å². The van der Waals surface area contributed by atoms with Crippen LogP contribution in [-0.4, -0.2) is 19.6 Å². The Hall–Kier alpha value is -6.20. The number of nitrogens with zero attached hydrogens (tertiary/aromatic N) is 4. The van der Waals surface area contributed by atoms with Crippen LogP contribution in [0.5, 0.6) is 5.75 Å². The lowest BCUT2D eigenvalue weighted by molar-refractivity contribution is 0.477. The van der Waals surface area contributed by atoms with Gasteiger partial charge in [-0.1, -0.05) is 97.1 Å². The summed E-state index contributed by atoms with van der Waals surface area (Å²) in [6, 6.07) is 53.1. The first-order chi connectivity index (χ1) is 22.3. The van der Waals surface area contributed by atoms with Crippen molar-refractivity contribution in [3.05, 3.63) is 164 Å². The molecule has 5 nitrogen and oxygen atoms in total. The number of pyridine rings is 1. The first-order valence-corrected chi connectivity index (χ1v) is 14.9. The molecule has 0 spiro atoms. The van der Waals surface area contributed by atoms with E-state index in [2.05, 4.69) is 112 Å². The smallest absolute Gasteiger partial charge is 0.149 e. The third-order valence-corrected chi connectivity index (χ3v) is 8.15. The first-order valence-electron chi connectivity index (χ1n) is 14.9. The summed E-state index contributed by atoms with van der Waals surface area (Å²) in [5, 5.41) is 13.3. The van der Waals surface area contributed by atoms with Gasteiger partial charge in [-0.25, -0.2) is 9.97 Å². The number of aromatic hydroxyl groups is 1. The summed E-state index contributed by atoms with van der Waals surface area (Å²) in [4.78, 5) is 12.1. The van der Waals surface area contributed by atoms with Crippen LogP contribution in [0.1, 0.15) is 0 Å². The van der Waals surface area contributed by atoms with Gasteiger partial charge in [0, 0.05) is 28.5 Å². The van der Waals surface area contributed by atoms with E-state index >= 15 is 0 Å². The van der Waals surface area contributed by atoms with Crippen LogP contribution in [0.15, 0.2) is 164 Å². The summed E-state index contributed by atoms with van der Waals surface area (Å²) in [5.74, 6) is 1.70. The molecular weight excluding hydrogens is 552 g/mol. The van der Waals surface area contributed by atoms with E-state index in [1.165, 1.54) is 0 Å². The van der Waals surface area contributed by atoms with Crippen molar-refractivity contribution in [3.8, 4) is 34.0 Å². The van der Waals surface area contributed by atoms with Crippen molar-refractivity contribution in [2.75, 3.05) is 4.90 Å². The van der Waals surface area contributed by atoms with Gasteiger partial charge in [-0.3, -0.25) is 9.47 Å². The molecule has 0 saturated heterocycles. The Bertz CT molecular complexity index is 2250. The van der Waals surface area contributed by atoms with Crippen molar-refractivity contribution >= 4 is 39.0 Å². The maximum absolute atomic E-state index is 11.0.